The Kier molecular flexibility index (Phi) is 3.06. The monoisotopic (exact) mass is 183 g/mol. The third kappa shape index (κ3) is 2.31. The fraction of sp³-hybridized carbons (Fsp3) is 0.556. The van der Waals surface area contributed by atoms with E-state index in [9.17, 15) is 9.59 Å². The minimum absolute atomic E-state index is 0.179. The average Bonchev–Trinajstić information content (AvgIpc) is 2.43. The lowest BCUT2D eigenvalue weighted by Gasteiger charge is -2.14. The summed E-state index contributed by atoms with van der Waals surface area (Å²) in [4.78, 5) is 23.0. The van der Waals surface area contributed by atoms with Crippen LogP contribution in [0.4, 0.5) is 4.79 Å². The molecule has 1 unspecified atom stereocenters. The Morgan fingerprint density at radius 2 is 2.38 bits per heavy atom. The maximum atomic E-state index is 11.1. The number of carbonyl (C=O) groups is 2. The summed E-state index contributed by atoms with van der Waals surface area (Å²) in [6, 6.07) is -0.414. The molecule has 0 saturated carbocycles. The molecular weight excluding hydrogens is 170 g/mol. The van der Waals surface area contributed by atoms with Crippen LogP contribution in [0.2, 0.25) is 0 Å². The summed E-state index contributed by atoms with van der Waals surface area (Å²) in [6.07, 6.45) is 2.22. The normalized spacial score (nSPS) is 21.2. The van der Waals surface area contributed by atoms with Gasteiger partial charge in [0, 0.05) is 6.54 Å². The summed E-state index contributed by atoms with van der Waals surface area (Å²) in [5.41, 5.74) is 1.12. The Hall–Kier alpha value is -1.32. The molecule has 1 atom stereocenters. The zero-order chi connectivity index (χ0) is 9.84. The predicted molar refractivity (Wildman–Crippen MR) is 47.3 cm³/mol. The third-order valence-corrected chi connectivity index (χ3v) is 1.87. The van der Waals surface area contributed by atoms with E-state index < -0.39 is 12.1 Å². The van der Waals surface area contributed by atoms with Crippen LogP contribution >= 0.6 is 0 Å². The zero-order valence-electron chi connectivity index (χ0n) is 7.82. The second-order valence-corrected chi connectivity index (χ2v) is 3.21. The third-order valence-electron chi connectivity index (χ3n) is 1.87. The predicted octanol–water partition coefficient (Wildman–Crippen LogP) is 0.972. The van der Waals surface area contributed by atoms with Gasteiger partial charge in [0.25, 0.3) is 0 Å². The highest BCUT2D eigenvalue weighted by atomic mass is 16.6. The Labute approximate surface area is 77.2 Å². The number of cyclic esters (lactones) is 1. The van der Waals surface area contributed by atoms with E-state index >= 15 is 0 Å². The van der Waals surface area contributed by atoms with Crippen molar-refractivity contribution in [3.63, 3.8) is 0 Å². The van der Waals surface area contributed by atoms with Gasteiger partial charge >= 0.3 is 6.09 Å². The Morgan fingerprint density at radius 1 is 1.69 bits per heavy atom. The number of carbonyl (C=O) groups excluding carboxylic acids is 2. The van der Waals surface area contributed by atoms with Gasteiger partial charge in [-0.2, -0.15) is 0 Å². The number of aldehydes is 1. The number of nitrogens with zero attached hydrogens (tertiary/aromatic N) is 1. The van der Waals surface area contributed by atoms with Crippen molar-refractivity contribution >= 4 is 12.4 Å². The van der Waals surface area contributed by atoms with Crippen molar-refractivity contribution in [3.8, 4) is 0 Å². The topological polar surface area (TPSA) is 46.6 Å². The second kappa shape index (κ2) is 4.07. The van der Waals surface area contributed by atoms with Crippen molar-refractivity contribution < 1.29 is 14.3 Å². The summed E-state index contributed by atoms with van der Waals surface area (Å²) in [5, 5.41) is 0. The molecule has 0 radical (unpaired) electrons. The number of hydrogen-bond acceptors (Lipinski definition) is 3. The molecule has 1 amide bonds. The highest BCUT2D eigenvalue weighted by Crippen LogP contribution is 2.10. The molecule has 72 valence electrons. The van der Waals surface area contributed by atoms with Crippen LogP contribution in [0.5, 0.6) is 0 Å². The molecule has 0 aromatic rings. The molecule has 4 nitrogen and oxygen atoms in total. The molecule has 1 heterocycles. The largest absolute Gasteiger partial charge is 0.447 e. The van der Waals surface area contributed by atoms with Crippen molar-refractivity contribution in [1.29, 1.82) is 0 Å². The van der Waals surface area contributed by atoms with E-state index in [2.05, 4.69) is 0 Å². The first-order valence-electron chi connectivity index (χ1n) is 4.17. The minimum Gasteiger partial charge on any atom is -0.447 e. The summed E-state index contributed by atoms with van der Waals surface area (Å²) in [5.74, 6) is 0. The van der Waals surface area contributed by atoms with Gasteiger partial charge in [-0.3, -0.25) is 4.90 Å². The number of rotatable bonds is 3. The minimum atomic E-state index is -0.414. The van der Waals surface area contributed by atoms with Crippen LogP contribution in [0.15, 0.2) is 11.6 Å². The number of allylic oxidation sites excluding steroid dienone is 1. The summed E-state index contributed by atoms with van der Waals surface area (Å²) in [6.45, 7) is 4.51. The molecule has 1 aliphatic heterocycles. The van der Waals surface area contributed by atoms with Crippen LogP contribution in [-0.2, 0) is 9.53 Å². The van der Waals surface area contributed by atoms with E-state index in [-0.39, 0.29) is 6.61 Å². The van der Waals surface area contributed by atoms with Crippen molar-refractivity contribution in [3.05, 3.63) is 11.6 Å². The Morgan fingerprint density at radius 3 is 2.92 bits per heavy atom. The van der Waals surface area contributed by atoms with E-state index in [1.807, 2.05) is 19.9 Å². The van der Waals surface area contributed by atoms with Crippen molar-refractivity contribution in [2.45, 2.75) is 19.9 Å². The molecule has 0 aromatic carbocycles. The van der Waals surface area contributed by atoms with E-state index in [0.717, 1.165) is 11.9 Å². The second-order valence-electron chi connectivity index (χ2n) is 3.21. The van der Waals surface area contributed by atoms with Crippen LogP contribution in [0, 0.1) is 0 Å². The maximum absolute atomic E-state index is 11.1. The molecule has 1 aliphatic rings. The highest BCUT2D eigenvalue weighted by Gasteiger charge is 2.31. The number of amides is 1. The molecule has 1 rings (SSSR count). The average molecular weight is 183 g/mol. The van der Waals surface area contributed by atoms with Gasteiger partial charge in [-0.15, -0.1) is 0 Å². The standard InChI is InChI=1S/C9H13NO3/c1-7(2)3-4-10-8(5-11)6-13-9(10)12/h3,5,8H,4,6H2,1-2H3. The quantitative estimate of drug-likeness (QED) is 0.484. The Bertz CT molecular complexity index is 243. The van der Waals surface area contributed by atoms with Gasteiger partial charge in [0.05, 0.1) is 0 Å². The highest BCUT2D eigenvalue weighted by molar-refractivity contribution is 5.76. The summed E-state index contributed by atoms with van der Waals surface area (Å²) >= 11 is 0. The van der Waals surface area contributed by atoms with Crippen molar-refractivity contribution in [1.82, 2.24) is 4.90 Å². The van der Waals surface area contributed by atoms with Gasteiger partial charge in [-0.05, 0) is 13.8 Å². The molecule has 0 aliphatic carbocycles. The smallest absolute Gasteiger partial charge is 0.410 e. The zero-order valence-corrected chi connectivity index (χ0v) is 7.82. The lowest BCUT2D eigenvalue weighted by atomic mass is 10.3. The fourth-order valence-corrected chi connectivity index (χ4v) is 1.07. The lowest BCUT2D eigenvalue weighted by molar-refractivity contribution is -0.110. The first kappa shape index (κ1) is 9.77. The van der Waals surface area contributed by atoms with Crippen molar-refractivity contribution in [2.24, 2.45) is 0 Å². The molecule has 13 heavy (non-hydrogen) atoms. The fourth-order valence-electron chi connectivity index (χ4n) is 1.07. The number of hydrogen-bond donors (Lipinski definition) is 0. The van der Waals surface area contributed by atoms with Crippen LogP contribution in [-0.4, -0.2) is 36.5 Å². The van der Waals surface area contributed by atoms with Gasteiger partial charge in [0.15, 0.2) is 0 Å². The first-order chi connectivity index (χ1) is 6.15. The van der Waals surface area contributed by atoms with Gasteiger partial charge in [0.1, 0.15) is 18.9 Å². The molecule has 0 aromatic heterocycles. The van der Waals surface area contributed by atoms with Gasteiger partial charge < -0.3 is 9.53 Å². The summed E-state index contributed by atoms with van der Waals surface area (Å²) in [7, 11) is 0. The Balaban J connectivity index is 2.59. The molecular formula is C9H13NO3. The molecule has 1 fully saturated rings. The van der Waals surface area contributed by atoms with Gasteiger partial charge in [-0.1, -0.05) is 11.6 Å². The van der Waals surface area contributed by atoms with Gasteiger partial charge in [0.2, 0.25) is 0 Å². The molecule has 0 N–H and O–H groups in total. The molecule has 0 bridgehead atoms. The van der Waals surface area contributed by atoms with E-state index in [1.54, 1.807) is 0 Å². The molecule has 0 spiro atoms. The van der Waals surface area contributed by atoms with E-state index in [4.69, 9.17) is 4.74 Å². The molecule has 4 heteroatoms. The molecule has 1 saturated heterocycles. The van der Waals surface area contributed by atoms with Crippen molar-refractivity contribution in [2.75, 3.05) is 13.2 Å². The number of ether oxygens (including phenoxy) is 1. The van der Waals surface area contributed by atoms with Crippen LogP contribution < -0.4 is 0 Å². The SMILES string of the molecule is CC(C)=CCN1C(=O)OCC1C=O. The van der Waals surface area contributed by atoms with Crippen LogP contribution in [0.3, 0.4) is 0 Å². The first-order valence-corrected chi connectivity index (χ1v) is 4.17. The van der Waals surface area contributed by atoms with Crippen LogP contribution in [0.1, 0.15) is 13.8 Å². The van der Waals surface area contributed by atoms with Gasteiger partial charge in [-0.25, -0.2) is 4.79 Å². The van der Waals surface area contributed by atoms with E-state index in [0.29, 0.717) is 6.54 Å². The lowest BCUT2D eigenvalue weighted by Crippen LogP contribution is -2.34. The van der Waals surface area contributed by atoms with Crippen LogP contribution in [0.25, 0.3) is 0 Å². The van der Waals surface area contributed by atoms with E-state index in [1.165, 1.54) is 4.90 Å². The maximum Gasteiger partial charge on any atom is 0.410 e. The summed E-state index contributed by atoms with van der Waals surface area (Å²) < 4.78 is 4.73.